The summed E-state index contributed by atoms with van der Waals surface area (Å²) in [5, 5.41) is 9.93. The van der Waals surface area contributed by atoms with Crippen LogP contribution in [-0.4, -0.2) is 48.1 Å². The Labute approximate surface area is 239 Å². The fourth-order valence-corrected chi connectivity index (χ4v) is 5.54. The van der Waals surface area contributed by atoms with Crippen molar-refractivity contribution in [3.05, 3.63) is 47.8 Å². The van der Waals surface area contributed by atoms with Gasteiger partial charge in [-0.15, -0.1) is 0 Å². The number of alkyl halides is 5. The first-order valence-electron chi connectivity index (χ1n) is 14.2. The molecule has 0 spiro atoms. The number of nitrogens with one attached hydrogen (secondary N) is 2. The molecule has 0 aliphatic heterocycles. The van der Waals surface area contributed by atoms with Crippen LogP contribution in [-0.2, 0) is 4.79 Å². The highest BCUT2D eigenvalue weighted by Crippen LogP contribution is 2.42. The number of aromatic nitrogens is 5. The van der Waals surface area contributed by atoms with Crippen LogP contribution in [0.3, 0.4) is 0 Å². The Morgan fingerprint density at radius 2 is 1.64 bits per heavy atom. The van der Waals surface area contributed by atoms with Crippen molar-refractivity contribution in [2.24, 2.45) is 11.8 Å². The highest BCUT2D eigenvalue weighted by Gasteiger charge is 2.40. The zero-order valence-corrected chi connectivity index (χ0v) is 23.4. The monoisotopic (exact) mass is 595 g/mol. The molecule has 0 aromatic carbocycles. The Balaban J connectivity index is 1.40. The number of amides is 2. The molecule has 3 aromatic rings. The van der Waals surface area contributed by atoms with Gasteiger partial charge in [0.2, 0.25) is 17.6 Å². The number of fused-ring (bicyclic) bond motifs is 1. The first kappa shape index (κ1) is 29.9. The SMILES string of the molecule is CC(C)n1nccc1C(=O)NC(c1cn2ccc([C@H](NC(=O)CCC(F)(F)F)C3CC3)nc2n1)C1CCC(F)(F)CC1. The molecular weight excluding hydrogens is 561 g/mol. The van der Waals surface area contributed by atoms with Gasteiger partial charge in [0, 0.05) is 43.9 Å². The Hall–Kier alpha value is -3.58. The summed E-state index contributed by atoms with van der Waals surface area (Å²) in [4.78, 5) is 34.9. The highest BCUT2D eigenvalue weighted by molar-refractivity contribution is 5.92. The molecule has 2 aliphatic rings. The van der Waals surface area contributed by atoms with Crippen LogP contribution in [0.15, 0.2) is 30.7 Å². The fraction of sp³-hybridized carbons (Fsp3) is 0.607. The maximum absolute atomic E-state index is 14.0. The fourth-order valence-electron chi connectivity index (χ4n) is 5.54. The van der Waals surface area contributed by atoms with Gasteiger partial charge in [0.25, 0.3) is 5.91 Å². The lowest BCUT2D eigenvalue weighted by Gasteiger charge is -2.33. The summed E-state index contributed by atoms with van der Waals surface area (Å²) in [6, 6.07) is 1.99. The van der Waals surface area contributed by atoms with Crippen molar-refractivity contribution in [1.29, 1.82) is 0 Å². The molecule has 228 valence electrons. The highest BCUT2D eigenvalue weighted by atomic mass is 19.4. The van der Waals surface area contributed by atoms with E-state index in [-0.39, 0.29) is 49.3 Å². The van der Waals surface area contributed by atoms with E-state index in [1.807, 2.05) is 13.8 Å². The zero-order chi connectivity index (χ0) is 30.2. The largest absolute Gasteiger partial charge is 0.389 e. The molecule has 0 radical (unpaired) electrons. The summed E-state index contributed by atoms with van der Waals surface area (Å²) >= 11 is 0. The van der Waals surface area contributed by atoms with Crippen molar-refractivity contribution >= 4 is 17.6 Å². The third-order valence-corrected chi connectivity index (χ3v) is 7.96. The predicted octanol–water partition coefficient (Wildman–Crippen LogP) is 5.71. The number of carbonyl (C=O) groups excluding carboxylic acids is 2. The maximum atomic E-state index is 14.0. The van der Waals surface area contributed by atoms with Gasteiger partial charge in [-0.2, -0.15) is 18.3 Å². The lowest BCUT2D eigenvalue weighted by atomic mass is 9.81. The van der Waals surface area contributed by atoms with Gasteiger partial charge < -0.3 is 10.6 Å². The molecule has 0 bridgehead atoms. The minimum atomic E-state index is -4.43. The van der Waals surface area contributed by atoms with Crippen LogP contribution in [0.5, 0.6) is 0 Å². The van der Waals surface area contributed by atoms with E-state index in [1.54, 1.807) is 33.6 Å². The van der Waals surface area contributed by atoms with Crippen molar-refractivity contribution in [3.63, 3.8) is 0 Å². The minimum Gasteiger partial charge on any atom is -0.347 e. The number of hydrogen-bond acceptors (Lipinski definition) is 5. The summed E-state index contributed by atoms with van der Waals surface area (Å²) in [7, 11) is 0. The number of nitrogens with zero attached hydrogens (tertiary/aromatic N) is 5. The second-order valence-electron chi connectivity index (χ2n) is 11.6. The first-order chi connectivity index (χ1) is 19.8. The van der Waals surface area contributed by atoms with Gasteiger partial charge in [-0.25, -0.2) is 18.7 Å². The summed E-state index contributed by atoms with van der Waals surface area (Å²) in [6.45, 7) is 3.78. The van der Waals surface area contributed by atoms with E-state index in [1.165, 1.54) is 6.20 Å². The third kappa shape index (κ3) is 7.06. The van der Waals surface area contributed by atoms with Crippen LogP contribution in [0, 0.1) is 11.8 Å². The van der Waals surface area contributed by atoms with Gasteiger partial charge in [-0.3, -0.25) is 18.7 Å². The molecule has 1 unspecified atom stereocenters. The van der Waals surface area contributed by atoms with Crippen molar-refractivity contribution in [1.82, 2.24) is 34.8 Å². The van der Waals surface area contributed by atoms with E-state index in [0.29, 0.717) is 17.1 Å². The maximum Gasteiger partial charge on any atom is 0.389 e. The number of rotatable bonds is 10. The van der Waals surface area contributed by atoms with E-state index < -0.39 is 48.8 Å². The molecule has 3 heterocycles. The van der Waals surface area contributed by atoms with Gasteiger partial charge in [0.1, 0.15) is 5.69 Å². The van der Waals surface area contributed by atoms with Crippen LogP contribution in [0.25, 0.3) is 5.78 Å². The Morgan fingerprint density at radius 1 is 1.00 bits per heavy atom. The molecule has 2 fully saturated rings. The van der Waals surface area contributed by atoms with Crippen molar-refractivity contribution < 1.29 is 31.5 Å². The molecule has 2 amide bonds. The lowest BCUT2D eigenvalue weighted by molar-refractivity contribution is -0.144. The normalized spacial score (nSPS) is 19.1. The number of halogens is 5. The van der Waals surface area contributed by atoms with Crippen LogP contribution >= 0.6 is 0 Å². The molecule has 2 N–H and O–H groups in total. The Morgan fingerprint density at radius 3 is 2.29 bits per heavy atom. The third-order valence-electron chi connectivity index (χ3n) is 7.96. The van der Waals surface area contributed by atoms with Crippen molar-refractivity contribution in [2.45, 2.75) is 95.4 Å². The standard InChI is InChI=1S/C28H34F5N7O2/c1-16(2)40-21(8-13-34-40)25(42)38-24(18-5-10-27(29,30)11-6-18)20-15-39-14-9-19(35-26(39)36-20)23(17-3-4-17)37-22(41)7-12-28(31,32)33/h8-9,13-18,23-24H,3-7,10-12H2,1-2H3,(H,37,41)(H,38,42)/t23-,24?/m1/s1. The lowest BCUT2D eigenvalue weighted by Crippen LogP contribution is -2.38. The van der Waals surface area contributed by atoms with Gasteiger partial charge in [-0.1, -0.05) is 0 Å². The molecule has 2 aliphatic carbocycles. The van der Waals surface area contributed by atoms with Gasteiger partial charge in [0.05, 0.1) is 29.9 Å². The van der Waals surface area contributed by atoms with E-state index in [9.17, 15) is 31.5 Å². The molecule has 2 saturated carbocycles. The van der Waals surface area contributed by atoms with Crippen molar-refractivity contribution in [3.8, 4) is 0 Å². The van der Waals surface area contributed by atoms with Crippen LogP contribution < -0.4 is 10.6 Å². The van der Waals surface area contributed by atoms with Crippen molar-refractivity contribution in [2.75, 3.05) is 0 Å². The van der Waals surface area contributed by atoms with E-state index >= 15 is 0 Å². The summed E-state index contributed by atoms with van der Waals surface area (Å²) in [5.74, 6) is -3.81. The van der Waals surface area contributed by atoms with E-state index in [0.717, 1.165) is 12.8 Å². The number of imidazole rings is 1. The predicted molar refractivity (Wildman–Crippen MR) is 142 cm³/mol. The molecule has 0 saturated heterocycles. The average molecular weight is 596 g/mol. The molecule has 3 aromatic heterocycles. The van der Waals surface area contributed by atoms with Gasteiger partial charge >= 0.3 is 6.18 Å². The van der Waals surface area contributed by atoms with Crippen LogP contribution in [0.4, 0.5) is 22.0 Å². The number of hydrogen-bond donors (Lipinski definition) is 2. The summed E-state index contributed by atoms with van der Waals surface area (Å²) in [5.41, 5.74) is 1.27. The summed E-state index contributed by atoms with van der Waals surface area (Å²) < 4.78 is 69.1. The van der Waals surface area contributed by atoms with E-state index in [4.69, 9.17) is 0 Å². The Bertz CT molecular complexity index is 1420. The molecule has 14 heteroatoms. The quantitative estimate of drug-likeness (QED) is 0.292. The van der Waals surface area contributed by atoms with Gasteiger partial charge in [-0.05, 0) is 63.5 Å². The molecule has 5 rings (SSSR count). The Kier molecular flexibility index (Phi) is 8.26. The van der Waals surface area contributed by atoms with Gasteiger partial charge in [0.15, 0.2) is 0 Å². The molecule has 42 heavy (non-hydrogen) atoms. The smallest absolute Gasteiger partial charge is 0.347 e. The average Bonchev–Trinajstić information content (AvgIpc) is 3.47. The van der Waals surface area contributed by atoms with E-state index in [2.05, 4.69) is 25.7 Å². The number of carbonyl (C=O) groups is 2. The van der Waals surface area contributed by atoms with Crippen LogP contribution in [0.1, 0.15) is 105 Å². The first-order valence-corrected chi connectivity index (χ1v) is 14.2. The second kappa shape index (κ2) is 11.6. The summed E-state index contributed by atoms with van der Waals surface area (Å²) in [6.07, 6.45) is 0.0402. The molecular formula is C28H34F5N7O2. The van der Waals surface area contributed by atoms with Crippen LogP contribution in [0.2, 0.25) is 0 Å². The second-order valence-corrected chi connectivity index (χ2v) is 11.6. The molecule has 2 atom stereocenters. The topological polar surface area (TPSA) is 106 Å². The minimum absolute atomic E-state index is 0.0611. The zero-order valence-electron chi connectivity index (χ0n) is 23.4. The molecule has 9 nitrogen and oxygen atoms in total.